The molecule has 12 aromatic rings. The summed E-state index contributed by atoms with van der Waals surface area (Å²) in [7, 11) is -12.4. The third kappa shape index (κ3) is 25.0. The summed E-state index contributed by atoms with van der Waals surface area (Å²) in [6.07, 6.45) is 22.2. The molecule has 10 aromatic heterocycles. The largest absolute Gasteiger partial charge is 0.461 e. The number of fused-ring (bicyclic) bond motifs is 4. The van der Waals surface area contributed by atoms with Crippen molar-refractivity contribution in [3.63, 3.8) is 0 Å². The van der Waals surface area contributed by atoms with E-state index in [2.05, 4.69) is 44.8 Å². The van der Waals surface area contributed by atoms with Crippen LogP contribution in [0.3, 0.4) is 0 Å². The number of alkyl halides is 4. The molecule has 31 nitrogen and oxygen atoms in total. The fraction of sp³-hybridized carbons (Fsp3) is 0.495. The van der Waals surface area contributed by atoms with E-state index in [1.165, 1.54) is 40.1 Å². The number of Topliss-reactive ketones (excluding diaryl/α,β-unsaturated/α-hetero) is 4. The number of ether oxygens (including phenoxy) is 8. The zero-order valence-electron chi connectivity index (χ0n) is 81.9. The molecule has 144 heavy (non-hydrogen) atoms. The molecule has 2 aromatic carbocycles. The maximum Gasteiger partial charge on any atom is 0.235 e. The summed E-state index contributed by atoms with van der Waals surface area (Å²) >= 11 is 0. The predicted molar refractivity (Wildman–Crippen MR) is 537 cm³/mol. The first-order valence-corrected chi connectivity index (χ1v) is 56.3. The molecule has 768 valence electrons. The first-order valence-electron chi connectivity index (χ1n) is 49.0. The first kappa shape index (κ1) is 104. The van der Waals surface area contributed by atoms with Crippen molar-refractivity contribution in [1.29, 1.82) is 0 Å². The Hall–Kier alpha value is -11.3. The second kappa shape index (κ2) is 43.0. The number of pyridine rings is 6. The molecule has 0 bridgehead atoms. The lowest BCUT2D eigenvalue weighted by Crippen LogP contribution is -2.23. The van der Waals surface area contributed by atoms with Gasteiger partial charge in [0.25, 0.3) is 0 Å². The van der Waals surface area contributed by atoms with Gasteiger partial charge in [0, 0.05) is 230 Å². The van der Waals surface area contributed by atoms with Crippen LogP contribution in [0.4, 0.5) is 17.6 Å². The fourth-order valence-corrected chi connectivity index (χ4v) is 30.2. The van der Waals surface area contributed by atoms with Gasteiger partial charge in [0.05, 0.1) is 97.6 Å². The summed E-state index contributed by atoms with van der Waals surface area (Å²) < 4.78 is 201. The minimum absolute atomic E-state index is 0.0149. The monoisotopic (exact) mass is 2060 g/mol. The van der Waals surface area contributed by atoms with Crippen molar-refractivity contribution in [3.8, 4) is 67.6 Å². The number of carbonyl (C=O) groups is 4. The second-order valence-corrected chi connectivity index (χ2v) is 49.6. The molecule has 4 unspecified atom stereocenters. The highest BCUT2D eigenvalue weighted by Crippen LogP contribution is 2.46. The number of nitrogens with zero attached hydrogens (tertiary/aromatic N) is 11. The summed E-state index contributed by atoms with van der Waals surface area (Å²) in [6.45, 7) is 17.9. The van der Waals surface area contributed by atoms with Crippen LogP contribution in [0.25, 0.3) is 88.5 Å². The third-order valence-corrected chi connectivity index (χ3v) is 36.2. The van der Waals surface area contributed by atoms with E-state index in [-0.39, 0.29) is 130 Å². The standard InChI is InChI=1S/2C27H31FN2O5S.C26H30FN3O5S.C25H29FN4O5S/c1-18(28)35-22-5-3-4-19(12-22)23-16-30(21-6-9-34-10-7-21)24-13-20(15-29-26(23)24)25(31)14-27(2)8-11-36(32,33)17-27;1-18(28)35-21-5-3-4-19(12-21)23-16-30(20-6-9-34-10-7-20)25-13-24(29-15-22(23)25)26(31)14-27(2)8-11-36(32,33)17-27;1-17(27)35-21-9-18(12-28-14-21)22-15-30(20-3-6-34-7-4-20)23-10-19(13-29-25(22)23)24(31)11-26(2)5-8-36(32,33)16-26;1-16(26)35-19-9-17(12-27-13-19)24-20-14-28-21(23(31)11-25(2)5-8-36(32,33)15-25)10-22(20)30(29-24)18-3-6-34-7-4-18/h3-5,12-13,15-16,18,21H,6-11,14,17H2,1-2H3;3-5,12-13,15-16,18,20H,6-11,14,17H2,1-2H3;9-10,12-15,17,20H,3-8,11,16H2,1-2H3;9-10,12-14,16,18H,3-8,11,15H2,1-2H3/t2*18?,27-;17?,26-;16?,25-/m1111/s1. The fourth-order valence-electron chi connectivity index (χ4n) is 21.2. The van der Waals surface area contributed by atoms with Crippen molar-refractivity contribution in [2.75, 3.05) is 98.9 Å². The molecule has 8 atom stereocenters. The number of hydrogen-bond donors (Lipinski definition) is 0. The van der Waals surface area contributed by atoms with Crippen molar-refractivity contribution in [2.24, 2.45) is 21.7 Å². The number of sulfone groups is 4. The van der Waals surface area contributed by atoms with E-state index in [1.807, 2.05) is 87.2 Å². The summed E-state index contributed by atoms with van der Waals surface area (Å²) in [5, 5.41) is 6.50. The van der Waals surface area contributed by atoms with Crippen LogP contribution in [0.2, 0.25) is 0 Å². The smallest absolute Gasteiger partial charge is 0.235 e. The van der Waals surface area contributed by atoms with Crippen LogP contribution in [-0.4, -0.2) is 234 Å². The summed E-state index contributed by atoms with van der Waals surface area (Å²) in [6, 6.07) is 25.9. The van der Waals surface area contributed by atoms with Gasteiger partial charge in [-0.15, -0.1) is 0 Å². The minimum Gasteiger partial charge on any atom is -0.461 e. The summed E-state index contributed by atoms with van der Waals surface area (Å²) in [5.41, 5.74) is 10.4. The number of carbonyl (C=O) groups excluding carboxylic acids is 4. The lowest BCUT2D eigenvalue weighted by molar-refractivity contribution is 0.0675. The van der Waals surface area contributed by atoms with Gasteiger partial charge in [-0.3, -0.25) is 53.8 Å². The van der Waals surface area contributed by atoms with Crippen molar-refractivity contribution < 1.29 is 108 Å². The molecule has 0 radical (unpaired) electrons. The van der Waals surface area contributed by atoms with Crippen LogP contribution in [0.15, 0.2) is 153 Å². The topological polar surface area (TPSA) is 389 Å². The molecule has 8 aliphatic rings. The normalized spacial score (nSPS) is 23.1. The van der Waals surface area contributed by atoms with Gasteiger partial charge in [-0.2, -0.15) is 5.10 Å². The Labute approximate surface area is 834 Å². The van der Waals surface area contributed by atoms with Gasteiger partial charge in [0.1, 0.15) is 40.1 Å². The van der Waals surface area contributed by atoms with Crippen LogP contribution in [0.1, 0.15) is 224 Å². The number of aromatic nitrogens is 11. The molecule has 0 amide bonds. The SMILES string of the molecule is CC(F)Oc1cccc(-c2cn(C3CCOCC3)c3cc(C(=O)C[C@@]4(C)CCS(=O)(=O)C4)cnc23)c1.CC(F)Oc1cccc(-c2cn(C3CCOCC3)c3cc(C(=O)C[C@@]4(C)CCS(=O)(=O)C4)ncc23)c1.CC(F)Oc1cncc(-c2cn(C3CCOCC3)c3cc(C(=O)C[C@@]4(C)CCS(=O)(=O)C4)cnc23)c1.CC(F)Oc1cncc(-c2nn(C3CCOCC3)c3cc(C(=O)C[C@@]4(C)CCS(=O)(=O)C4)ncc23)c1. The zero-order valence-corrected chi connectivity index (χ0v) is 85.2. The van der Waals surface area contributed by atoms with E-state index in [9.17, 15) is 70.4 Å². The molecular weight excluding hydrogens is 1940 g/mol. The molecule has 20 rings (SSSR count). The Balaban J connectivity index is 0.000000132. The molecule has 0 spiro atoms. The van der Waals surface area contributed by atoms with Gasteiger partial charge in [0.2, 0.25) is 25.4 Å². The average molecular weight is 2060 g/mol. The maximum atomic E-state index is 13.4. The van der Waals surface area contributed by atoms with E-state index in [0.29, 0.717) is 129 Å². The highest BCUT2D eigenvalue weighted by Gasteiger charge is 2.45. The Morgan fingerprint density at radius 3 is 1.10 bits per heavy atom. The van der Waals surface area contributed by atoms with E-state index >= 15 is 0 Å². The van der Waals surface area contributed by atoms with E-state index in [1.54, 1.807) is 79.6 Å². The van der Waals surface area contributed by atoms with Gasteiger partial charge < -0.3 is 51.6 Å². The number of ketones is 4. The van der Waals surface area contributed by atoms with Gasteiger partial charge in [-0.25, -0.2) is 51.2 Å². The average Bonchev–Trinajstić information content (AvgIpc) is 1.60. The highest BCUT2D eigenvalue weighted by atomic mass is 32.2. The summed E-state index contributed by atoms with van der Waals surface area (Å²) in [5.74, 6) is 1.56. The van der Waals surface area contributed by atoms with Crippen LogP contribution >= 0.6 is 0 Å². The van der Waals surface area contributed by atoms with Crippen molar-refractivity contribution >= 4 is 106 Å². The van der Waals surface area contributed by atoms with Gasteiger partial charge >= 0.3 is 0 Å². The lowest BCUT2D eigenvalue weighted by atomic mass is 9.83. The summed E-state index contributed by atoms with van der Waals surface area (Å²) in [4.78, 5) is 79.7. The van der Waals surface area contributed by atoms with Gasteiger partial charge in [-0.05, 0) is 171 Å². The molecule has 0 aliphatic carbocycles. The molecule has 8 aliphatic heterocycles. The Morgan fingerprint density at radius 1 is 0.368 bits per heavy atom. The Kier molecular flexibility index (Phi) is 31.1. The number of benzene rings is 2. The van der Waals surface area contributed by atoms with Crippen molar-refractivity contribution in [2.45, 2.75) is 208 Å². The molecule has 8 saturated heterocycles. The second-order valence-electron chi connectivity index (χ2n) is 40.9. The minimum atomic E-state index is -3.11. The van der Waals surface area contributed by atoms with E-state index in [0.717, 1.165) is 123 Å². The maximum absolute atomic E-state index is 13.4. The number of halogens is 4. The quantitative estimate of drug-likeness (QED) is 0.0325. The van der Waals surface area contributed by atoms with Crippen molar-refractivity contribution in [3.05, 3.63) is 176 Å². The predicted octanol–water partition coefficient (Wildman–Crippen LogP) is 18.8. The Morgan fingerprint density at radius 2 is 0.701 bits per heavy atom. The zero-order chi connectivity index (χ0) is 102. The highest BCUT2D eigenvalue weighted by molar-refractivity contribution is 7.92. The van der Waals surface area contributed by atoms with Crippen LogP contribution in [0.5, 0.6) is 23.0 Å². The molecule has 39 heteroatoms. The van der Waals surface area contributed by atoms with Crippen LogP contribution in [0, 0.1) is 21.7 Å². The van der Waals surface area contributed by atoms with Crippen molar-refractivity contribution in [1.82, 2.24) is 53.4 Å². The molecule has 0 N–H and O–H groups in total. The first-order chi connectivity index (χ1) is 68.5. The molecular formula is C105H121F4N11O20S4. The number of rotatable bonds is 28. The van der Waals surface area contributed by atoms with Crippen LogP contribution in [-0.2, 0) is 58.3 Å². The third-order valence-electron chi connectivity index (χ3n) is 28.3. The van der Waals surface area contributed by atoms with E-state index < -0.39 is 86.4 Å². The number of hydrogen-bond acceptors (Lipinski definition) is 27. The lowest BCUT2D eigenvalue weighted by Gasteiger charge is -2.24. The Bertz CT molecular complexity index is 6440. The van der Waals surface area contributed by atoms with Crippen LogP contribution < -0.4 is 18.9 Å². The van der Waals surface area contributed by atoms with Gasteiger partial charge in [0.15, 0.2) is 62.5 Å². The van der Waals surface area contributed by atoms with Gasteiger partial charge in [-0.1, -0.05) is 52.0 Å². The molecule has 0 saturated carbocycles. The molecule has 8 fully saturated rings. The molecule has 18 heterocycles. The van der Waals surface area contributed by atoms with E-state index in [4.69, 9.17) is 48.0 Å².